The lowest BCUT2D eigenvalue weighted by molar-refractivity contribution is -0.123. The summed E-state index contributed by atoms with van der Waals surface area (Å²) < 4.78 is 10.7. The number of nitrogens with one attached hydrogen (secondary N) is 2. The third kappa shape index (κ3) is 4.06. The van der Waals surface area contributed by atoms with Crippen LogP contribution in [0, 0.1) is 0 Å². The minimum Gasteiger partial charge on any atom is -0.484 e. The van der Waals surface area contributed by atoms with Gasteiger partial charge in [0.25, 0.3) is 11.8 Å². The van der Waals surface area contributed by atoms with Gasteiger partial charge in [-0.3, -0.25) is 9.59 Å². The van der Waals surface area contributed by atoms with E-state index in [2.05, 4.69) is 22.8 Å². The summed E-state index contributed by atoms with van der Waals surface area (Å²) in [5, 5.41) is 5.75. The van der Waals surface area contributed by atoms with Crippen molar-refractivity contribution in [3.63, 3.8) is 0 Å². The number of amides is 2. The van der Waals surface area contributed by atoms with Gasteiger partial charge < -0.3 is 19.8 Å². The summed E-state index contributed by atoms with van der Waals surface area (Å²) in [5.74, 6) is 0.202. The van der Waals surface area contributed by atoms with E-state index in [9.17, 15) is 9.59 Å². The van der Waals surface area contributed by atoms with Crippen molar-refractivity contribution in [2.45, 2.75) is 18.9 Å². The van der Waals surface area contributed by atoms with E-state index in [1.807, 2.05) is 12.1 Å². The van der Waals surface area contributed by atoms with E-state index < -0.39 is 0 Å². The Hall–Kier alpha value is -3.54. The van der Waals surface area contributed by atoms with Gasteiger partial charge in [-0.05, 0) is 48.2 Å². The zero-order chi connectivity index (χ0) is 19.3. The van der Waals surface area contributed by atoms with E-state index >= 15 is 0 Å². The van der Waals surface area contributed by atoms with Crippen LogP contribution in [0.2, 0.25) is 0 Å². The molecule has 2 aromatic carbocycles. The van der Waals surface area contributed by atoms with E-state index in [1.54, 1.807) is 36.4 Å². The van der Waals surface area contributed by atoms with Crippen LogP contribution >= 0.6 is 0 Å². The Balaban J connectivity index is 1.31. The van der Waals surface area contributed by atoms with Gasteiger partial charge >= 0.3 is 0 Å². The number of carbonyl (C=O) groups is 2. The highest BCUT2D eigenvalue weighted by Crippen LogP contribution is 2.30. The number of hydrogen-bond acceptors (Lipinski definition) is 4. The number of furan rings is 1. The van der Waals surface area contributed by atoms with Crippen LogP contribution in [0.4, 0.5) is 5.69 Å². The minimum atomic E-state index is -0.347. The fourth-order valence-electron chi connectivity index (χ4n) is 3.36. The normalized spacial score (nSPS) is 14.9. The van der Waals surface area contributed by atoms with Crippen LogP contribution < -0.4 is 15.4 Å². The van der Waals surface area contributed by atoms with Crippen LogP contribution in [0.5, 0.6) is 5.75 Å². The second kappa shape index (κ2) is 8.00. The third-order valence-corrected chi connectivity index (χ3v) is 4.67. The maximum Gasteiger partial charge on any atom is 0.291 e. The molecule has 0 radical (unpaired) electrons. The Morgan fingerprint density at radius 2 is 1.96 bits per heavy atom. The second-order valence-electron chi connectivity index (χ2n) is 6.61. The van der Waals surface area contributed by atoms with Crippen LogP contribution in [-0.2, 0) is 11.2 Å². The first-order valence-electron chi connectivity index (χ1n) is 9.14. The van der Waals surface area contributed by atoms with Crippen LogP contribution in [0.1, 0.15) is 34.1 Å². The topological polar surface area (TPSA) is 80.6 Å². The Kier molecular flexibility index (Phi) is 5.10. The number of carbonyl (C=O) groups excluding carboxylic acids is 2. The molecular weight excluding hydrogens is 356 g/mol. The molecule has 6 heteroatoms. The first-order chi connectivity index (χ1) is 13.7. The van der Waals surface area contributed by atoms with Crippen LogP contribution in [0.3, 0.4) is 0 Å². The van der Waals surface area contributed by atoms with E-state index in [4.69, 9.17) is 9.15 Å². The zero-order valence-electron chi connectivity index (χ0n) is 15.2. The van der Waals surface area contributed by atoms with Gasteiger partial charge in [-0.1, -0.05) is 30.3 Å². The van der Waals surface area contributed by atoms with Gasteiger partial charge in [-0.2, -0.15) is 0 Å². The van der Waals surface area contributed by atoms with Crippen molar-refractivity contribution in [1.29, 1.82) is 0 Å². The molecule has 1 aliphatic rings. The minimum absolute atomic E-state index is 0.0335. The molecule has 0 saturated carbocycles. The van der Waals surface area contributed by atoms with Crippen molar-refractivity contribution < 1.29 is 18.7 Å². The van der Waals surface area contributed by atoms with Gasteiger partial charge in [0.1, 0.15) is 5.75 Å². The van der Waals surface area contributed by atoms with Crippen molar-refractivity contribution in [3.8, 4) is 5.75 Å². The SMILES string of the molecule is O=C(COc1cccc(NC(=O)c2ccco2)c1)NC1CCc2ccccc21. The number of fused-ring (bicyclic) bond motifs is 1. The summed E-state index contributed by atoms with van der Waals surface area (Å²) in [4.78, 5) is 24.3. The molecule has 0 aliphatic heterocycles. The van der Waals surface area contributed by atoms with Crippen molar-refractivity contribution >= 4 is 17.5 Å². The molecule has 4 rings (SSSR count). The number of rotatable bonds is 6. The van der Waals surface area contributed by atoms with Gasteiger partial charge in [0, 0.05) is 11.8 Å². The van der Waals surface area contributed by atoms with Gasteiger partial charge in [0.15, 0.2) is 12.4 Å². The summed E-state index contributed by atoms with van der Waals surface area (Å²) in [6.45, 7) is -0.0890. The largest absolute Gasteiger partial charge is 0.484 e. The molecule has 1 atom stereocenters. The highest BCUT2D eigenvalue weighted by atomic mass is 16.5. The second-order valence-corrected chi connectivity index (χ2v) is 6.61. The average molecular weight is 376 g/mol. The van der Waals surface area contributed by atoms with Crippen molar-refractivity contribution in [3.05, 3.63) is 83.8 Å². The standard InChI is InChI=1S/C22H20N2O4/c25-21(24-19-11-10-15-5-1-2-8-18(15)19)14-28-17-7-3-6-16(13-17)23-22(26)20-9-4-12-27-20/h1-9,12-13,19H,10-11,14H2,(H,23,26)(H,24,25). The molecule has 2 N–H and O–H groups in total. The van der Waals surface area contributed by atoms with Gasteiger partial charge in [-0.15, -0.1) is 0 Å². The predicted molar refractivity (Wildman–Crippen MR) is 104 cm³/mol. The number of anilines is 1. The lowest BCUT2D eigenvalue weighted by atomic mass is 10.1. The molecule has 6 nitrogen and oxygen atoms in total. The molecule has 1 aliphatic carbocycles. The predicted octanol–water partition coefficient (Wildman–Crippen LogP) is 3.71. The Morgan fingerprint density at radius 3 is 2.82 bits per heavy atom. The highest BCUT2D eigenvalue weighted by molar-refractivity contribution is 6.02. The van der Waals surface area contributed by atoms with Gasteiger partial charge in [-0.25, -0.2) is 0 Å². The Morgan fingerprint density at radius 1 is 1.07 bits per heavy atom. The highest BCUT2D eigenvalue weighted by Gasteiger charge is 2.23. The monoisotopic (exact) mass is 376 g/mol. The molecule has 28 heavy (non-hydrogen) atoms. The molecular formula is C22H20N2O4. The number of hydrogen-bond donors (Lipinski definition) is 2. The summed E-state index contributed by atoms with van der Waals surface area (Å²) in [7, 11) is 0. The molecule has 3 aromatic rings. The quantitative estimate of drug-likeness (QED) is 0.687. The lowest BCUT2D eigenvalue weighted by Crippen LogP contribution is -2.31. The maximum atomic E-state index is 12.3. The van der Waals surface area contributed by atoms with Crippen molar-refractivity contribution in [2.24, 2.45) is 0 Å². The van der Waals surface area contributed by atoms with Crippen LogP contribution in [0.15, 0.2) is 71.3 Å². The number of benzene rings is 2. The molecule has 1 heterocycles. The zero-order valence-corrected chi connectivity index (χ0v) is 15.2. The summed E-state index contributed by atoms with van der Waals surface area (Å²) in [6, 6.07) is 18.3. The molecule has 0 fully saturated rings. The van der Waals surface area contributed by atoms with E-state index in [1.165, 1.54) is 17.4 Å². The Labute approximate surface area is 162 Å². The van der Waals surface area contributed by atoms with Crippen LogP contribution in [0.25, 0.3) is 0 Å². The smallest absolute Gasteiger partial charge is 0.291 e. The van der Waals surface area contributed by atoms with Crippen molar-refractivity contribution in [1.82, 2.24) is 5.32 Å². The molecule has 0 spiro atoms. The number of ether oxygens (including phenoxy) is 1. The molecule has 1 aromatic heterocycles. The fraction of sp³-hybridized carbons (Fsp3) is 0.182. The van der Waals surface area contributed by atoms with Gasteiger partial charge in [0.05, 0.1) is 12.3 Å². The molecule has 0 saturated heterocycles. The van der Waals surface area contributed by atoms with Crippen molar-refractivity contribution in [2.75, 3.05) is 11.9 Å². The Bertz CT molecular complexity index is 982. The van der Waals surface area contributed by atoms with E-state index in [-0.39, 0.29) is 30.2 Å². The van der Waals surface area contributed by atoms with E-state index in [0.29, 0.717) is 11.4 Å². The van der Waals surface area contributed by atoms with Crippen LogP contribution in [-0.4, -0.2) is 18.4 Å². The summed E-state index contributed by atoms with van der Waals surface area (Å²) in [5.41, 5.74) is 3.02. The molecule has 0 bridgehead atoms. The lowest BCUT2D eigenvalue weighted by Gasteiger charge is -2.15. The average Bonchev–Trinajstić information content (AvgIpc) is 3.38. The summed E-state index contributed by atoms with van der Waals surface area (Å²) in [6.07, 6.45) is 3.31. The number of aryl methyl sites for hydroxylation is 1. The maximum absolute atomic E-state index is 12.3. The fourth-order valence-corrected chi connectivity index (χ4v) is 3.36. The third-order valence-electron chi connectivity index (χ3n) is 4.67. The molecule has 142 valence electrons. The summed E-state index contributed by atoms with van der Waals surface area (Å²) >= 11 is 0. The van der Waals surface area contributed by atoms with E-state index in [0.717, 1.165) is 12.8 Å². The molecule has 2 amide bonds. The first-order valence-corrected chi connectivity index (χ1v) is 9.14. The first kappa shape index (κ1) is 17.9. The van der Waals surface area contributed by atoms with Gasteiger partial charge in [0.2, 0.25) is 0 Å². The molecule has 1 unspecified atom stereocenters.